The van der Waals surface area contributed by atoms with Crippen molar-refractivity contribution < 1.29 is 10.2 Å². The number of aromatic nitrogens is 3. The van der Waals surface area contributed by atoms with Crippen LogP contribution in [0.5, 0.6) is 11.5 Å². The largest absolute Gasteiger partial charge is 0.508 e. The zero-order valence-electron chi connectivity index (χ0n) is 10.4. The Kier molecular flexibility index (Phi) is 2.76. The van der Waals surface area contributed by atoms with Crippen LogP contribution in [0.4, 0.5) is 0 Å². The highest BCUT2D eigenvalue weighted by molar-refractivity contribution is 5.64. The lowest BCUT2D eigenvalue weighted by atomic mass is 10.2. The number of hydrogen-bond acceptors (Lipinski definition) is 5. The Balaban J connectivity index is 2.09. The highest BCUT2D eigenvalue weighted by Crippen LogP contribution is 2.26. The molecule has 1 aromatic heterocycles. The predicted molar refractivity (Wildman–Crippen MR) is 74.4 cm³/mol. The van der Waals surface area contributed by atoms with Crippen molar-refractivity contribution in [1.29, 1.82) is 0 Å². The molecule has 0 aliphatic rings. The Morgan fingerprint density at radius 1 is 0.800 bits per heavy atom. The Hall–Kier alpha value is -3.02. The molecular weight excluding hydrogens is 256 g/mol. The van der Waals surface area contributed by atoms with Crippen LogP contribution in [0.15, 0.2) is 48.5 Å². The molecule has 20 heavy (non-hydrogen) atoms. The van der Waals surface area contributed by atoms with Crippen molar-refractivity contribution in [3.8, 4) is 34.3 Å². The average molecular weight is 268 g/mol. The fourth-order valence-electron chi connectivity index (χ4n) is 1.98. The molecule has 0 saturated heterocycles. The van der Waals surface area contributed by atoms with Gasteiger partial charge in [0.1, 0.15) is 11.5 Å². The van der Waals surface area contributed by atoms with E-state index in [-0.39, 0.29) is 11.5 Å². The number of benzene rings is 2. The highest BCUT2D eigenvalue weighted by Gasteiger charge is 2.13. The number of nitrogens with two attached hydrogens (primary N) is 1. The molecule has 0 amide bonds. The first kappa shape index (κ1) is 12.0. The molecule has 0 spiro atoms. The molecule has 2 aromatic carbocycles. The van der Waals surface area contributed by atoms with Gasteiger partial charge in [-0.25, -0.2) is 4.68 Å². The molecule has 0 unspecified atom stereocenters. The maximum absolute atomic E-state index is 9.49. The smallest absolute Gasteiger partial charge is 0.182 e. The van der Waals surface area contributed by atoms with Crippen molar-refractivity contribution in [2.24, 2.45) is 0 Å². The molecule has 100 valence electrons. The van der Waals surface area contributed by atoms with Crippen molar-refractivity contribution in [3.63, 3.8) is 0 Å². The normalized spacial score (nSPS) is 10.6. The number of nitrogen functional groups attached to an aromatic ring is 1. The van der Waals surface area contributed by atoms with Gasteiger partial charge in [-0.2, -0.15) is 0 Å². The van der Waals surface area contributed by atoms with Crippen molar-refractivity contribution in [2.45, 2.75) is 0 Å². The third-order valence-electron chi connectivity index (χ3n) is 2.90. The zero-order chi connectivity index (χ0) is 14.1. The van der Waals surface area contributed by atoms with E-state index in [0.29, 0.717) is 22.8 Å². The topological polar surface area (TPSA) is 97.2 Å². The Bertz CT molecular complexity index is 704. The van der Waals surface area contributed by atoms with Crippen molar-refractivity contribution in [2.75, 3.05) is 5.84 Å². The monoisotopic (exact) mass is 268 g/mol. The highest BCUT2D eigenvalue weighted by atomic mass is 16.3. The number of hydrogen-bond donors (Lipinski definition) is 3. The first-order valence-electron chi connectivity index (χ1n) is 5.94. The summed E-state index contributed by atoms with van der Waals surface area (Å²) in [4.78, 5) is 0. The first-order valence-corrected chi connectivity index (χ1v) is 5.94. The molecule has 0 aliphatic heterocycles. The lowest BCUT2D eigenvalue weighted by Crippen LogP contribution is -2.11. The van der Waals surface area contributed by atoms with E-state index >= 15 is 0 Å². The summed E-state index contributed by atoms with van der Waals surface area (Å²) in [5.74, 6) is 7.11. The molecule has 0 atom stereocenters. The van der Waals surface area contributed by atoms with Crippen LogP contribution in [0.25, 0.3) is 22.8 Å². The fourth-order valence-corrected chi connectivity index (χ4v) is 1.98. The van der Waals surface area contributed by atoms with Gasteiger partial charge in [0.05, 0.1) is 0 Å². The van der Waals surface area contributed by atoms with E-state index in [9.17, 15) is 10.2 Å². The van der Waals surface area contributed by atoms with Crippen LogP contribution in [-0.2, 0) is 0 Å². The molecule has 1 heterocycles. The minimum Gasteiger partial charge on any atom is -0.508 e. The van der Waals surface area contributed by atoms with Gasteiger partial charge in [0.15, 0.2) is 11.6 Å². The molecular formula is C14H12N4O2. The second-order valence-electron chi connectivity index (χ2n) is 4.32. The van der Waals surface area contributed by atoms with Crippen LogP contribution >= 0.6 is 0 Å². The molecule has 3 aromatic rings. The van der Waals surface area contributed by atoms with E-state index in [4.69, 9.17) is 5.84 Å². The molecule has 0 aliphatic carbocycles. The lowest BCUT2D eigenvalue weighted by molar-refractivity contribution is 0.475. The van der Waals surface area contributed by atoms with E-state index in [1.54, 1.807) is 48.5 Å². The summed E-state index contributed by atoms with van der Waals surface area (Å²) in [6.07, 6.45) is 0. The third-order valence-corrected chi connectivity index (χ3v) is 2.90. The maximum Gasteiger partial charge on any atom is 0.182 e. The second-order valence-corrected chi connectivity index (χ2v) is 4.32. The minimum absolute atomic E-state index is 0.129. The quantitative estimate of drug-likeness (QED) is 0.615. The summed E-state index contributed by atoms with van der Waals surface area (Å²) in [7, 11) is 0. The Labute approximate surface area is 114 Å². The molecule has 0 saturated carbocycles. The summed E-state index contributed by atoms with van der Waals surface area (Å²) in [5, 5.41) is 27.0. The molecule has 0 radical (unpaired) electrons. The van der Waals surface area contributed by atoms with E-state index in [0.717, 1.165) is 0 Å². The van der Waals surface area contributed by atoms with Crippen LogP contribution in [0.2, 0.25) is 0 Å². The van der Waals surface area contributed by atoms with Crippen molar-refractivity contribution >= 4 is 0 Å². The number of rotatable bonds is 2. The third kappa shape index (κ3) is 2.03. The van der Waals surface area contributed by atoms with Crippen LogP contribution < -0.4 is 5.84 Å². The van der Waals surface area contributed by atoms with Crippen LogP contribution in [-0.4, -0.2) is 25.1 Å². The Morgan fingerprint density at radius 2 is 1.25 bits per heavy atom. The van der Waals surface area contributed by atoms with Gasteiger partial charge in [0.25, 0.3) is 0 Å². The van der Waals surface area contributed by atoms with Gasteiger partial charge in [-0.3, -0.25) is 0 Å². The average Bonchev–Trinajstić information content (AvgIpc) is 2.80. The molecule has 4 N–H and O–H groups in total. The van der Waals surface area contributed by atoms with Gasteiger partial charge in [0.2, 0.25) is 0 Å². The summed E-state index contributed by atoms with van der Waals surface area (Å²) < 4.78 is 1.32. The fraction of sp³-hybridized carbons (Fsp3) is 0. The molecule has 3 rings (SSSR count). The van der Waals surface area contributed by atoms with Crippen LogP contribution in [0.3, 0.4) is 0 Å². The first-order chi connectivity index (χ1) is 9.65. The van der Waals surface area contributed by atoms with Crippen LogP contribution in [0, 0.1) is 0 Å². The SMILES string of the molecule is Nn1c(-c2cccc(O)c2)nnc1-c1cccc(O)c1. The van der Waals surface area contributed by atoms with Gasteiger partial charge in [0, 0.05) is 11.1 Å². The number of aromatic hydroxyl groups is 2. The minimum atomic E-state index is 0.129. The van der Waals surface area contributed by atoms with E-state index in [1.807, 2.05) is 0 Å². The van der Waals surface area contributed by atoms with E-state index in [1.165, 1.54) is 4.68 Å². The van der Waals surface area contributed by atoms with Gasteiger partial charge in [-0.05, 0) is 24.3 Å². The van der Waals surface area contributed by atoms with E-state index < -0.39 is 0 Å². The van der Waals surface area contributed by atoms with E-state index in [2.05, 4.69) is 10.2 Å². The molecule has 6 heteroatoms. The van der Waals surface area contributed by atoms with Crippen molar-refractivity contribution in [3.05, 3.63) is 48.5 Å². The summed E-state index contributed by atoms with van der Waals surface area (Å²) in [5.41, 5.74) is 1.32. The lowest BCUT2D eigenvalue weighted by Gasteiger charge is -2.04. The van der Waals surface area contributed by atoms with Gasteiger partial charge in [-0.1, -0.05) is 24.3 Å². The predicted octanol–water partition coefficient (Wildman–Crippen LogP) is 1.74. The second kappa shape index (κ2) is 4.58. The van der Waals surface area contributed by atoms with Gasteiger partial charge >= 0.3 is 0 Å². The Morgan fingerprint density at radius 3 is 1.65 bits per heavy atom. The summed E-state index contributed by atoms with van der Waals surface area (Å²) in [6.45, 7) is 0. The van der Waals surface area contributed by atoms with Crippen molar-refractivity contribution in [1.82, 2.24) is 14.9 Å². The number of phenols is 2. The summed E-state index contributed by atoms with van der Waals surface area (Å²) >= 11 is 0. The van der Waals surface area contributed by atoms with Crippen LogP contribution in [0.1, 0.15) is 0 Å². The maximum atomic E-state index is 9.49. The number of phenolic OH excluding ortho intramolecular Hbond substituents is 2. The molecule has 6 nitrogen and oxygen atoms in total. The molecule has 0 fully saturated rings. The number of nitrogens with zero attached hydrogens (tertiary/aromatic N) is 3. The zero-order valence-corrected chi connectivity index (χ0v) is 10.4. The summed E-state index contributed by atoms with van der Waals surface area (Å²) in [6, 6.07) is 13.2. The van der Waals surface area contributed by atoms with Gasteiger partial charge in [-0.15, -0.1) is 10.2 Å². The van der Waals surface area contributed by atoms with Gasteiger partial charge < -0.3 is 16.1 Å². The standard InChI is InChI=1S/C14H12N4O2/c15-18-13(9-3-1-5-11(19)7-9)16-17-14(18)10-4-2-6-12(20)8-10/h1-8,19-20H,15H2. The molecule has 0 bridgehead atoms.